The smallest absolute Gasteiger partial charge is 0.338 e. The number of nitrogens with zero attached hydrogens (tertiary/aromatic N) is 2. The summed E-state index contributed by atoms with van der Waals surface area (Å²) in [5.74, 6) is -1.51. The number of furan rings is 1. The number of fused-ring (bicyclic) bond motifs is 1. The molecule has 3 amide bonds. The van der Waals surface area contributed by atoms with Crippen LogP contribution in [0.2, 0.25) is 0 Å². The quantitative estimate of drug-likeness (QED) is 0.501. The number of carbonyl (C=O) groups is 4. The molecular weight excluding hydrogens is 376 g/mol. The van der Waals surface area contributed by atoms with Crippen molar-refractivity contribution < 1.29 is 28.3 Å². The summed E-state index contributed by atoms with van der Waals surface area (Å²) in [6.45, 7) is 2.24. The highest BCUT2D eigenvalue weighted by Gasteiger charge is 2.36. The van der Waals surface area contributed by atoms with Crippen LogP contribution in [0.1, 0.15) is 56.6 Å². The second-order valence-electron chi connectivity index (χ2n) is 6.78. The summed E-state index contributed by atoms with van der Waals surface area (Å²) in [4.78, 5) is 52.0. The molecule has 0 N–H and O–H groups in total. The van der Waals surface area contributed by atoms with Gasteiger partial charge in [-0.2, -0.15) is 0 Å². The van der Waals surface area contributed by atoms with Crippen molar-refractivity contribution in [3.05, 3.63) is 59.0 Å². The predicted octanol–water partition coefficient (Wildman–Crippen LogP) is 2.49. The molecule has 0 radical (unpaired) electrons. The Labute approximate surface area is 168 Å². The zero-order valence-electron chi connectivity index (χ0n) is 16.3. The monoisotopic (exact) mass is 398 g/mol. The van der Waals surface area contributed by atoms with Crippen molar-refractivity contribution in [2.45, 2.75) is 26.3 Å². The number of esters is 1. The summed E-state index contributed by atoms with van der Waals surface area (Å²) in [5, 5.41) is 0. The van der Waals surface area contributed by atoms with Gasteiger partial charge in [0, 0.05) is 13.6 Å². The molecule has 0 fully saturated rings. The number of benzene rings is 1. The molecule has 3 rings (SSSR count). The van der Waals surface area contributed by atoms with Crippen LogP contribution in [0, 0.1) is 0 Å². The number of carbonyl (C=O) groups excluding carboxylic acids is 4. The molecule has 8 nitrogen and oxygen atoms in total. The summed E-state index contributed by atoms with van der Waals surface area (Å²) in [5.41, 5.74) is 0.449. The van der Waals surface area contributed by atoms with E-state index in [2.05, 4.69) is 0 Å². The second-order valence-corrected chi connectivity index (χ2v) is 6.78. The summed E-state index contributed by atoms with van der Waals surface area (Å²) < 4.78 is 10.3. The fourth-order valence-electron chi connectivity index (χ4n) is 2.96. The lowest BCUT2D eigenvalue weighted by Gasteiger charge is -2.16. The van der Waals surface area contributed by atoms with E-state index in [1.807, 2.05) is 6.92 Å². The topological polar surface area (TPSA) is 97.1 Å². The van der Waals surface area contributed by atoms with Gasteiger partial charge in [0.1, 0.15) is 5.76 Å². The van der Waals surface area contributed by atoms with Crippen molar-refractivity contribution >= 4 is 23.7 Å². The van der Waals surface area contributed by atoms with Crippen LogP contribution in [0.3, 0.4) is 0 Å². The van der Waals surface area contributed by atoms with Gasteiger partial charge in [-0.3, -0.25) is 19.3 Å². The van der Waals surface area contributed by atoms with E-state index in [1.165, 1.54) is 29.4 Å². The van der Waals surface area contributed by atoms with E-state index in [1.54, 1.807) is 19.2 Å². The van der Waals surface area contributed by atoms with Gasteiger partial charge in [0.2, 0.25) is 0 Å². The van der Waals surface area contributed by atoms with Gasteiger partial charge in [-0.1, -0.05) is 13.3 Å². The number of hydrogen-bond donors (Lipinski definition) is 0. The Morgan fingerprint density at radius 2 is 1.90 bits per heavy atom. The molecule has 0 unspecified atom stereocenters. The molecule has 8 heteroatoms. The summed E-state index contributed by atoms with van der Waals surface area (Å²) in [7, 11) is 1.65. The standard InChI is InChI=1S/C21H22N2O6/c1-3-4-9-22(2)18(24)13-29-21(27)14-7-8-16-17(11-14)20(26)23(19(16)25)12-15-6-5-10-28-15/h5-8,10-11H,3-4,9,12-13H2,1-2H3. The van der Waals surface area contributed by atoms with Crippen LogP contribution >= 0.6 is 0 Å². The van der Waals surface area contributed by atoms with E-state index in [0.29, 0.717) is 12.3 Å². The maximum atomic E-state index is 12.6. The first kappa shape index (κ1) is 20.3. The molecule has 0 spiro atoms. The first-order valence-corrected chi connectivity index (χ1v) is 9.36. The Bertz CT molecular complexity index is 935. The molecule has 29 heavy (non-hydrogen) atoms. The Balaban J connectivity index is 1.66. The number of likely N-dealkylation sites (N-methyl/N-ethyl adjacent to an activating group) is 1. The predicted molar refractivity (Wildman–Crippen MR) is 102 cm³/mol. The van der Waals surface area contributed by atoms with Gasteiger partial charge in [0.25, 0.3) is 17.7 Å². The molecule has 1 aromatic carbocycles. The molecule has 1 aromatic heterocycles. The van der Waals surface area contributed by atoms with Gasteiger partial charge in [0.15, 0.2) is 6.61 Å². The van der Waals surface area contributed by atoms with Crippen LogP contribution in [0.25, 0.3) is 0 Å². The number of unbranched alkanes of at least 4 members (excludes halogenated alkanes) is 1. The summed E-state index contributed by atoms with van der Waals surface area (Å²) >= 11 is 0. The summed E-state index contributed by atoms with van der Waals surface area (Å²) in [6.07, 6.45) is 3.28. The van der Waals surface area contributed by atoms with Gasteiger partial charge in [-0.15, -0.1) is 0 Å². The van der Waals surface area contributed by atoms with Crippen LogP contribution in [-0.4, -0.2) is 53.7 Å². The third-order valence-electron chi connectivity index (χ3n) is 4.70. The van der Waals surface area contributed by atoms with Gasteiger partial charge < -0.3 is 14.1 Å². The number of hydrogen-bond acceptors (Lipinski definition) is 6. The molecule has 0 saturated heterocycles. The van der Waals surface area contributed by atoms with Crippen molar-refractivity contribution in [1.29, 1.82) is 0 Å². The molecule has 0 atom stereocenters. The van der Waals surface area contributed by atoms with Gasteiger partial charge >= 0.3 is 5.97 Å². The molecule has 2 heterocycles. The van der Waals surface area contributed by atoms with Gasteiger partial charge in [-0.25, -0.2) is 4.79 Å². The first-order valence-electron chi connectivity index (χ1n) is 9.36. The van der Waals surface area contributed by atoms with E-state index >= 15 is 0 Å². The van der Waals surface area contributed by atoms with Crippen LogP contribution < -0.4 is 0 Å². The third kappa shape index (κ3) is 4.37. The first-order chi connectivity index (χ1) is 13.9. The van der Waals surface area contributed by atoms with Gasteiger partial charge in [-0.05, 0) is 36.8 Å². The van der Waals surface area contributed by atoms with E-state index in [-0.39, 0.29) is 35.7 Å². The van der Waals surface area contributed by atoms with Crippen molar-refractivity contribution in [1.82, 2.24) is 9.80 Å². The normalized spacial score (nSPS) is 12.8. The molecule has 2 aromatic rings. The molecule has 1 aliphatic heterocycles. The summed E-state index contributed by atoms with van der Waals surface area (Å²) in [6, 6.07) is 7.49. The van der Waals surface area contributed by atoms with Crippen molar-refractivity contribution in [2.75, 3.05) is 20.2 Å². The highest BCUT2D eigenvalue weighted by Crippen LogP contribution is 2.26. The van der Waals surface area contributed by atoms with E-state index in [4.69, 9.17) is 9.15 Å². The average molecular weight is 398 g/mol. The average Bonchev–Trinajstić information content (AvgIpc) is 3.32. The second kappa shape index (κ2) is 8.72. The third-order valence-corrected chi connectivity index (χ3v) is 4.70. The van der Waals surface area contributed by atoms with Crippen LogP contribution in [0.5, 0.6) is 0 Å². The molecule has 152 valence electrons. The van der Waals surface area contributed by atoms with Crippen LogP contribution in [0.4, 0.5) is 0 Å². The van der Waals surface area contributed by atoms with Crippen molar-refractivity contribution in [3.63, 3.8) is 0 Å². The maximum Gasteiger partial charge on any atom is 0.338 e. The number of rotatable bonds is 8. The van der Waals surface area contributed by atoms with Gasteiger partial charge in [0.05, 0.1) is 29.5 Å². The zero-order chi connectivity index (χ0) is 21.0. The molecular formula is C21H22N2O6. The largest absolute Gasteiger partial charge is 0.467 e. The minimum atomic E-state index is -0.727. The maximum absolute atomic E-state index is 12.6. The fourth-order valence-corrected chi connectivity index (χ4v) is 2.96. The van der Waals surface area contributed by atoms with Crippen LogP contribution in [-0.2, 0) is 16.1 Å². The van der Waals surface area contributed by atoms with E-state index in [0.717, 1.165) is 17.7 Å². The number of imide groups is 1. The highest BCUT2D eigenvalue weighted by atomic mass is 16.5. The lowest BCUT2D eigenvalue weighted by Crippen LogP contribution is -2.32. The number of amides is 3. The van der Waals surface area contributed by atoms with Crippen molar-refractivity contribution in [2.24, 2.45) is 0 Å². The highest BCUT2D eigenvalue weighted by molar-refractivity contribution is 6.21. The fraction of sp³-hybridized carbons (Fsp3) is 0.333. The molecule has 0 saturated carbocycles. The molecule has 0 bridgehead atoms. The lowest BCUT2D eigenvalue weighted by atomic mass is 10.1. The van der Waals surface area contributed by atoms with Crippen LogP contribution in [0.15, 0.2) is 41.0 Å². The van der Waals surface area contributed by atoms with E-state index < -0.39 is 17.8 Å². The Morgan fingerprint density at radius 3 is 2.59 bits per heavy atom. The molecule has 1 aliphatic rings. The Morgan fingerprint density at radius 1 is 1.14 bits per heavy atom. The minimum Gasteiger partial charge on any atom is -0.467 e. The SMILES string of the molecule is CCCCN(C)C(=O)COC(=O)c1ccc2c(c1)C(=O)N(Cc1ccco1)C2=O. The Kier molecular flexibility index (Phi) is 6.11. The lowest BCUT2D eigenvalue weighted by molar-refractivity contribution is -0.133. The number of ether oxygens (including phenoxy) is 1. The van der Waals surface area contributed by atoms with Crippen molar-refractivity contribution in [3.8, 4) is 0 Å². The zero-order valence-corrected chi connectivity index (χ0v) is 16.3. The minimum absolute atomic E-state index is 0.0116. The van der Waals surface area contributed by atoms with E-state index in [9.17, 15) is 19.2 Å². The Hall–Kier alpha value is -3.42. The molecule has 0 aliphatic carbocycles.